The molecule has 1 aromatic heterocycles. The minimum absolute atomic E-state index is 0.698. The normalized spacial score (nSPS) is 30.9. The number of allylic oxidation sites excluding steroid dienone is 1. The summed E-state index contributed by atoms with van der Waals surface area (Å²) < 4.78 is 0. The molecule has 0 bridgehead atoms. The van der Waals surface area contributed by atoms with Gasteiger partial charge in [0.2, 0.25) is 0 Å². The first-order valence-corrected chi connectivity index (χ1v) is 3.94. The molecule has 0 saturated heterocycles. The molecule has 1 fully saturated rings. The molecule has 11 heavy (non-hydrogen) atoms. The Kier molecular flexibility index (Phi) is 0.844. The molecule has 1 heterocycles. The van der Waals surface area contributed by atoms with Crippen molar-refractivity contribution in [3.8, 4) is 0 Å². The van der Waals surface area contributed by atoms with E-state index in [0.29, 0.717) is 5.92 Å². The number of hydrogen-bond donors (Lipinski definition) is 0. The van der Waals surface area contributed by atoms with Crippen molar-refractivity contribution in [3.05, 3.63) is 29.9 Å². The first kappa shape index (κ1) is 5.47. The second-order valence-electron chi connectivity index (χ2n) is 3.19. The molecule has 0 aromatic carbocycles. The van der Waals surface area contributed by atoms with E-state index in [9.17, 15) is 0 Å². The van der Waals surface area contributed by atoms with Crippen LogP contribution in [-0.4, -0.2) is 9.97 Å². The highest BCUT2D eigenvalue weighted by Crippen LogP contribution is 2.51. The number of hydrogen-bond acceptors (Lipinski definition) is 2. The highest BCUT2D eigenvalue weighted by molar-refractivity contribution is 5.55. The topological polar surface area (TPSA) is 25.8 Å². The Balaban J connectivity index is 2.24. The SMILES string of the molecule is C1=CC2CC2c2nccnc21. The maximum Gasteiger partial charge on any atom is 0.0845 e. The monoisotopic (exact) mass is 144 g/mol. The maximum atomic E-state index is 4.33. The summed E-state index contributed by atoms with van der Waals surface area (Å²) in [4.78, 5) is 8.58. The summed E-state index contributed by atoms with van der Waals surface area (Å²) in [7, 11) is 0. The Morgan fingerprint density at radius 1 is 1.27 bits per heavy atom. The summed E-state index contributed by atoms with van der Waals surface area (Å²) in [6, 6.07) is 0. The molecule has 2 aliphatic carbocycles. The standard InChI is InChI=1S/C9H8N2/c1-2-8-9(7-5-6(1)7)11-4-3-10-8/h1-4,6-7H,5H2. The number of rotatable bonds is 0. The van der Waals surface area contributed by atoms with E-state index in [1.165, 1.54) is 12.1 Å². The van der Waals surface area contributed by atoms with Crippen molar-refractivity contribution in [2.45, 2.75) is 12.3 Å². The number of aromatic nitrogens is 2. The van der Waals surface area contributed by atoms with E-state index in [1.54, 1.807) is 12.4 Å². The smallest absolute Gasteiger partial charge is 0.0845 e. The lowest BCUT2D eigenvalue weighted by molar-refractivity contribution is 0.911. The minimum Gasteiger partial charge on any atom is -0.257 e. The highest BCUT2D eigenvalue weighted by atomic mass is 14.8. The summed E-state index contributed by atoms with van der Waals surface area (Å²) in [5.74, 6) is 1.47. The molecule has 2 atom stereocenters. The molecule has 0 amide bonds. The molecule has 54 valence electrons. The summed E-state index contributed by atoms with van der Waals surface area (Å²) in [6.07, 6.45) is 9.17. The molecule has 0 aliphatic heterocycles. The zero-order valence-corrected chi connectivity index (χ0v) is 6.07. The van der Waals surface area contributed by atoms with Gasteiger partial charge < -0.3 is 0 Å². The lowest BCUT2D eigenvalue weighted by Crippen LogP contribution is -1.97. The van der Waals surface area contributed by atoms with Crippen LogP contribution in [0, 0.1) is 5.92 Å². The Morgan fingerprint density at radius 3 is 3.18 bits per heavy atom. The Bertz CT molecular complexity index is 330. The Hall–Kier alpha value is -1.18. The average Bonchev–Trinajstić information content (AvgIpc) is 2.83. The van der Waals surface area contributed by atoms with Crippen LogP contribution in [0.4, 0.5) is 0 Å². The van der Waals surface area contributed by atoms with Crippen molar-refractivity contribution in [2.75, 3.05) is 0 Å². The lowest BCUT2D eigenvalue weighted by Gasteiger charge is -2.05. The van der Waals surface area contributed by atoms with E-state index < -0.39 is 0 Å². The van der Waals surface area contributed by atoms with E-state index in [0.717, 1.165) is 11.6 Å². The van der Waals surface area contributed by atoms with Crippen LogP contribution in [0.2, 0.25) is 0 Å². The summed E-state index contributed by atoms with van der Waals surface area (Å²) in [5, 5.41) is 0. The zero-order chi connectivity index (χ0) is 7.26. The van der Waals surface area contributed by atoms with Crippen LogP contribution in [0.15, 0.2) is 18.5 Å². The van der Waals surface area contributed by atoms with Crippen molar-refractivity contribution in [1.29, 1.82) is 0 Å². The maximum absolute atomic E-state index is 4.33. The lowest BCUT2D eigenvalue weighted by atomic mass is 10.1. The van der Waals surface area contributed by atoms with Crippen LogP contribution in [-0.2, 0) is 0 Å². The van der Waals surface area contributed by atoms with Gasteiger partial charge in [-0.25, -0.2) is 0 Å². The largest absolute Gasteiger partial charge is 0.257 e. The molecule has 3 rings (SSSR count). The van der Waals surface area contributed by atoms with E-state index in [2.05, 4.69) is 22.1 Å². The van der Waals surface area contributed by atoms with Crippen LogP contribution in [0.25, 0.3) is 6.08 Å². The molecule has 2 unspecified atom stereocenters. The first-order chi connectivity index (χ1) is 5.45. The van der Waals surface area contributed by atoms with Crippen molar-refractivity contribution in [2.24, 2.45) is 5.92 Å². The summed E-state index contributed by atoms with van der Waals surface area (Å²) >= 11 is 0. The molecular weight excluding hydrogens is 136 g/mol. The van der Waals surface area contributed by atoms with E-state index in [4.69, 9.17) is 0 Å². The molecule has 2 aliphatic rings. The van der Waals surface area contributed by atoms with Crippen molar-refractivity contribution in [1.82, 2.24) is 9.97 Å². The van der Waals surface area contributed by atoms with Crippen LogP contribution in [0.3, 0.4) is 0 Å². The zero-order valence-electron chi connectivity index (χ0n) is 6.07. The summed E-state index contributed by atoms with van der Waals surface area (Å²) in [6.45, 7) is 0. The molecule has 0 spiro atoms. The number of fused-ring (bicyclic) bond motifs is 3. The van der Waals surface area contributed by atoms with Crippen molar-refractivity contribution in [3.63, 3.8) is 0 Å². The van der Waals surface area contributed by atoms with E-state index in [1.807, 2.05) is 0 Å². The Morgan fingerprint density at radius 2 is 2.18 bits per heavy atom. The van der Waals surface area contributed by atoms with Gasteiger partial charge in [-0.3, -0.25) is 9.97 Å². The van der Waals surface area contributed by atoms with Crippen LogP contribution in [0.1, 0.15) is 23.7 Å². The van der Waals surface area contributed by atoms with Gasteiger partial charge in [0.15, 0.2) is 0 Å². The fourth-order valence-corrected chi connectivity index (χ4v) is 1.73. The van der Waals surface area contributed by atoms with Crippen LogP contribution < -0.4 is 0 Å². The molecule has 2 nitrogen and oxygen atoms in total. The van der Waals surface area contributed by atoms with Gasteiger partial charge >= 0.3 is 0 Å². The Labute approximate surface area is 65.0 Å². The first-order valence-electron chi connectivity index (χ1n) is 3.94. The molecule has 1 saturated carbocycles. The van der Waals surface area contributed by atoms with Crippen LogP contribution >= 0.6 is 0 Å². The van der Waals surface area contributed by atoms with Crippen molar-refractivity contribution >= 4 is 6.08 Å². The van der Waals surface area contributed by atoms with Gasteiger partial charge in [0.05, 0.1) is 11.4 Å². The fraction of sp³-hybridized carbons (Fsp3) is 0.333. The van der Waals surface area contributed by atoms with E-state index in [-0.39, 0.29) is 0 Å². The predicted molar refractivity (Wildman–Crippen MR) is 41.9 cm³/mol. The average molecular weight is 144 g/mol. The third-order valence-electron chi connectivity index (χ3n) is 2.45. The summed E-state index contributed by atoms with van der Waals surface area (Å²) in [5.41, 5.74) is 2.28. The van der Waals surface area contributed by atoms with Gasteiger partial charge in [0.1, 0.15) is 0 Å². The van der Waals surface area contributed by atoms with Crippen LogP contribution in [0.5, 0.6) is 0 Å². The third-order valence-corrected chi connectivity index (χ3v) is 2.45. The molecule has 0 radical (unpaired) electrons. The predicted octanol–water partition coefficient (Wildman–Crippen LogP) is 1.61. The van der Waals surface area contributed by atoms with Gasteiger partial charge in [-0.1, -0.05) is 6.08 Å². The van der Waals surface area contributed by atoms with Gasteiger partial charge in [-0.15, -0.1) is 0 Å². The van der Waals surface area contributed by atoms with Gasteiger partial charge in [-0.05, 0) is 18.4 Å². The molecule has 2 heteroatoms. The molecule has 1 aromatic rings. The second kappa shape index (κ2) is 1.70. The van der Waals surface area contributed by atoms with Gasteiger partial charge in [0, 0.05) is 18.3 Å². The van der Waals surface area contributed by atoms with Gasteiger partial charge in [-0.2, -0.15) is 0 Å². The van der Waals surface area contributed by atoms with Gasteiger partial charge in [0.25, 0.3) is 0 Å². The highest BCUT2D eigenvalue weighted by Gasteiger charge is 2.40. The number of nitrogens with zero attached hydrogens (tertiary/aromatic N) is 2. The molecule has 0 N–H and O–H groups in total. The van der Waals surface area contributed by atoms with E-state index >= 15 is 0 Å². The minimum atomic E-state index is 0.698. The van der Waals surface area contributed by atoms with Crippen molar-refractivity contribution < 1.29 is 0 Å². The third kappa shape index (κ3) is 0.666. The molecular formula is C9H8N2. The fourth-order valence-electron chi connectivity index (χ4n) is 1.73. The second-order valence-corrected chi connectivity index (χ2v) is 3.19. The quantitative estimate of drug-likeness (QED) is 0.552.